The summed E-state index contributed by atoms with van der Waals surface area (Å²) in [6.45, 7) is 4.21. The predicted octanol–water partition coefficient (Wildman–Crippen LogP) is 3.96. The molecule has 3 rings (SSSR count). The van der Waals surface area contributed by atoms with Crippen molar-refractivity contribution in [1.29, 1.82) is 0 Å². The average Bonchev–Trinajstić information content (AvgIpc) is 2.48. The van der Waals surface area contributed by atoms with Crippen molar-refractivity contribution < 1.29 is 9.53 Å². The third-order valence-electron chi connectivity index (χ3n) is 3.75. The molecule has 21 heavy (non-hydrogen) atoms. The summed E-state index contributed by atoms with van der Waals surface area (Å²) in [4.78, 5) is 11.4. The van der Waals surface area contributed by atoms with Gasteiger partial charge in [0, 0.05) is 0 Å². The molecule has 4 heteroatoms. The Morgan fingerprint density at radius 1 is 1.10 bits per heavy atom. The second-order valence-electron chi connectivity index (χ2n) is 5.30. The lowest BCUT2D eigenvalue weighted by atomic mass is 9.99. The first-order chi connectivity index (χ1) is 10.0. The lowest BCUT2D eigenvalue weighted by Gasteiger charge is -2.20. The van der Waals surface area contributed by atoms with Crippen LogP contribution in [0.2, 0.25) is 0 Å². The number of hydrogen-bond acceptors (Lipinski definition) is 2. The van der Waals surface area contributed by atoms with Gasteiger partial charge in [-0.2, -0.15) is 0 Å². The summed E-state index contributed by atoms with van der Waals surface area (Å²) in [6.07, 6.45) is 0. The smallest absolute Gasteiger partial charge is 0.262 e. The van der Waals surface area contributed by atoms with Crippen molar-refractivity contribution in [3.63, 3.8) is 0 Å². The number of amides is 1. The van der Waals surface area contributed by atoms with E-state index in [0.29, 0.717) is 11.4 Å². The molecule has 1 N–H and O–H groups in total. The number of carbonyl (C=O) groups is 1. The van der Waals surface area contributed by atoms with Gasteiger partial charge in [0.25, 0.3) is 5.91 Å². The summed E-state index contributed by atoms with van der Waals surface area (Å²) in [6, 6.07) is 11.9. The van der Waals surface area contributed by atoms with E-state index in [4.69, 9.17) is 16.3 Å². The van der Waals surface area contributed by atoms with Crippen LogP contribution >= 0.6 is 11.6 Å². The lowest BCUT2D eigenvalue weighted by molar-refractivity contribution is -0.118. The molecular weight excluding hydrogens is 286 g/mol. The number of anilines is 1. The van der Waals surface area contributed by atoms with Gasteiger partial charge in [-0.3, -0.25) is 4.79 Å². The Morgan fingerprint density at radius 2 is 1.81 bits per heavy atom. The molecule has 0 fully saturated rings. The first-order valence-electron chi connectivity index (χ1n) is 6.82. The van der Waals surface area contributed by atoms with Crippen LogP contribution in [0.25, 0.3) is 0 Å². The van der Waals surface area contributed by atoms with E-state index in [-0.39, 0.29) is 17.9 Å². The number of aryl methyl sites for hydroxylation is 2. The molecule has 1 amide bonds. The van der Waals surface area contributed by atoms with Crippen LogP contribution in [0, 0.1) is 13.8 Å². The van der Waals surface area contributed by atoms with E-state index in [0.717, 1.165) is 11.1 Å². The van der Waals surface area contributed by atoms with E-state index in [1.54, 1.807) is 0 Å². The first-order valence-corrected chi connectivity index (χ1v) is 7.26. The van der Waals surface area contributed by atoms with Crippen LogP contribution in [0.5, 0.6) is 5.75 Å². The number of benzene rings is 2. The SMILES string of the molecule is Cc1ccc(C(Cl)c2ccc3c(c2)NC(=O)CO3)cc1C. The number of halogens is 1. The third-order valence-corrected chi connectivity index (χ3v) is 4.26. The summed E-state index contributed by atoms with van der Waals surface area (Å²) in [5.41, 5.74) is 5.12. The normalized spacial score (nSPS) is 14.9. The van der Waals surface area contributed by atoms with Gasteiger partial charge in [0.2, 0.25) is 0 Å². The third kappa shape index (κ3) is 2.74. The predicted molar refractivity (Wildman–Crippen MR) is 84.2 cm³/mol. The lowest BCUT2D eigenvalue weighted by Crippen LogP contribution is -2.25. The minimum absolute atomic E-state index is 0.0633. The molecule has 0 aliphatic carbocycles. The van der Waals surface area contributed by atoms with E-state index in [1.807, 2.05) is 24.3 Å². The second kappa shape index (κ2) is 5.41. The zero-order valence-corrected chi connectivity index (χ0v) is 12.7. The number of alkyl halides is 1. The maximum Gasteiger partial charge on any atom is 0.262 e. The highest BCUT2D eigenvalue weighted by molar-refractivity contribution is 6.22. The van der Waals surface area contributed by atoms with Crippen LogP contribution in [0.15, 0.2) is 36.4 Å². The van der Waals surface area contributed by atoms with Gasteiger partial charge >= 0.3 is 0 Å². The molecule has 2 aromatic carbocycles. The summed E-state index contributed by atoms with van der Waals surface area (Å²) >= 11 is 6.58. The molecule has 0 bridgehead atoms. The molecule has 1 atom stereocenters. The fourth-order valence-electron chi connectivity index (χ4n) is 2.37. The van der Waals surface area contributed by atoms with Crippen molar-refractivity contribution in [1.82, 2.24) is 0 Å². The molecule has 0 radical (unpaired) electrons. The van der Waals surface area contributed by atoms with Gasteiger partial charge in [-0.1, -0.05) is 24.3 Å². The van der Waals surface area contributed by atoms with Gasteiger partial charge in [0.1, 0.15) is 5.75 Å². The number of ether oxygens (including phenoxy) is 1. The van der Waals surface area contributed by atoms with E-state index < -0.39 is 0 Å². The first kappa shape index (κ1) is 14.0. The number of hydrogen-bond donors (Lipinski definition) is 1. The van der Waals surface area contributed by atoms with Crippen molar-refractivity contribution >= 4 is 23.2 Å². The summed E-state index contributed by atoms with van der Waals surface area (Å²) in [5, 5.41) is 2.55. The molecule has 108 valence electrons. The van der Waals surface area contributed by atoms with Gasteiger partial charge in [-0.15, -0.1) is 11.6 Å². The zero-order valence-electron chi connectivity index (χ0n) is 11.9. The van der Waals surface area contributed by atoms with Crippen LogP contribution in [0.4, 0.5) is 5.69 Å². The fourth-order valence-corrected chi connectivity index (χ4v) is 2.64. The molecule has 0 saturated heterocycles. The second-order valence-corrected chi connectivity index (χ2v) is 5.74. The van der Waals surface area contributed by atoms with Gasteiger partial charge in [0.15, 0.2) is 6.61 Å². The van der Waals surface area contributed by atoms with Crippen LogP contribution in [-0.4, -0.2) is 12.5 Å². The largest absolute Gasteiger partial charge is 0.482 e. The molecule has 0 aromatic heterocycles. The van der Waals surface area contributed by atoms with E-state index in [2.05, 4.69) is 31.3 Å². The minimum Gasteiger partial charge on any atom is -0.482 e. The Morgan fingerprint density at radius 3 is 2.57 bits per heavy atom. The highest BCUT2D eigenvalue weighted by Gasteiger charge is 2.19. The van der Waals surface area contributed by atoms with Crippen LogP contribution < -0.4 is 10.1 Å². The summed E-state index contributed by atoms with van der Waals surface area (Å²) < 4.78 is 5.36. The molecule has 0 saturated carbocycles. The van der Waals surface area contributed by atoms with E-state index >= 15 is 0 Å². The number of carbonyl (C=O) groups excluding carboxylic acids is 1. The Hall–Kier alpha value is -2.00. The quantitative estimate of drug-likeness (QED) is 0.853. The van der Waals surface area contributed by atoms with E-state index in [9.17, 15) is 4.79 Å². The zero-order chi connectivity index (χ0) is 15.0. The topological polar surface area (TPSA) is 38.3 Å². The Bertz CT molecular complexity index is 712. The fraction of sp³-hybridized carbons (Fsp3) is 0.235. The van der Waals surface area contributed by atoms with Gasteiger partial charge < -0.3 is 10.1 Å². The van der Waals surface area contributed by atoms with Crippen LogP contribution in [0.1, 0.15) is 27.6 Å². The Balaban J connectivity index is 1.94. The maximum absolute atomic E-state index is 11.4. The van der Waals surface area contributed by atoms with Gasteiger partial charge in [0.05, 0.1) is 11.1 Å². The molecule has 1 heterocycles. The molecule has 3 nitrogen and oxygen atoms in total. The Labute approximate surface area is 128 Å². The van der Waals surface area contributed by atoms with Crippen LogP contribution in [-0.2, 0) is 4.79 Å². The summed E-state index contributed by atoms with van der Waals surface area (Å²) in [5.74, 6) is 0.541. The monoisotopic (exact) mass is 301 g/mol. The number of fused-ring (bicyclic) bond motifs is 1. The van der Waals surface area contributed by atoms with Crippen molar-refractivity contribution in [3.8, 4) is 5.75 Å². The van der Waals surface area contributed by atoms with Crippen molar-refractivity contribution in [2.45, 2.75) is 19.2 Å². The average molecular weight is 302 g/mol. The molecule has 2 aromatic rings. The van der Waals surface area contributed by atoms with Crippen molar-refractivity contribution in [3.05, 3.63) is 58.7 Å². The van der Waals surface area contributed by atoms with Gasteiger partial charge in [-0.25, -0.2) is 0 Å². The molecule has 0 spiro atoms. The molecule has 1 unspecified atom stereocenters. The highest BCUT2D eigenvalue weighted by Crippen LogP contribution is 2.35. The molecule has 1 aliphatic rings. The number of nitrogens with one attached hydrogen (secondary N) is 1. The van der Waals surface area contributed by atoms with Crippen molar-refractivity contribution in [2.75, 3.05) is 11.9 Å². The standard InChI is InChI=1S/C17H16ClNO2/c1-10-3-4-12(7-11(10)2)17(18)13-5-6-15-14(8-13)19-16(20)9-21-15/h3-8,17H,9H2,1-2H3,(H,19,20). The molecular formula is C17H16ClNO2. The number of rotatable bonds is 2. The van der Waals surface area contributed by atoms with Gasteiger partial charge in [-0.05, 0) is 48.2 Å². The van der Waals surface area contributed by atoms with Crippen LogP contribution in [0.3, 0.4) is 0 Å². The molecule has 1 aliphatic heterocycles. The van der Waals surface area contributed by atoms with Crippen molar-refractivity contribution in [2.24, 2.45) is 0 Å². The van der Waals surface area contributed by atoms with E-state index in [1.165, 1.54) is 11.1 Å². The highest BCUT2D eigenvalue weighted by atomic mass is 35.5. The Kier molecular flexibility index (Phi) is 3.60. The summed E-state index contributed by atoms with van der Waals surface area (Å²) in [7, 11) is 0. The maximum atomic E-state index is 11.4. The minimum atomic E-state index is -0.256.